The Hall–Kier alpha value is -3.44. The third-order valence-corrected chi connectivity index (χ3v) is 7.81. The molecule has 4 heterocycles. The van der Waals surface area contributed by atoms with Crippen molar-refractivity contribution in [3.63, 3.8) is 0 Å². The van der Waals surface area contributed by atoms with E-state index < -0.39 is 0 Å². The lowest BCUT2D eigenvalue weighted by molar-refractivity contribution is 0.593. The van der Waals surface area contributed by atoms with E-state index in [0.717, 1.165) is 11.1 Å². The number of benzene rings is 1. The Morgan fingerprint density at radius 3 is 2.53 bits per heavy atom. The predicted molar refractivity (Wildman–Crippen MR) is 136 cm³/mol. The molecular weight excluding hydrogens is 472 g/mol. The van der Waals surface area contributed by atoms with Gasteiger partial charge in [0.25, 0.3) is 11.1 Å². The molecule has 0 aliphatic rings. The van der Waals surface area contributed by atoms with Crippen LogP contribution in [0.15, 0.2) is 61.6 Å². The highest BCUT2D eigenvalue weighted by molar-refractivity contribution is 7.99. The number of aromatic nitrogens is 6. The molecule has 0 fully saturated rings. The predicted octanol–water partition coefficient (Wildman–Crippen LogP) is 2.59. The number of rotatable bonds is 6. The molecule has 0 saturated carbocycles. The molecule has 5 aromatic rings. The van der Waals surface area contributed by atoms with Gasteiger partial charge in [0, 0.05) is 44.4 Å². The molecule has 0 N–H and O–H groups in total. The third-order valence-electron chi connectivity index (χ3n) is 5.82. The quantitative estimate of drug-likeness (QED) is 0.205. The molecule has 1 aromatic carbocycles. The highest BCUT2D eigenvalue weighted by atomic mass is 32.2. The van der Waals surface area contributed by atoms with Crippen LogP contribution in [0.5, 0.6) is 0 Å². The molecule has 0 unspecified atom stereocenters. The molecule has 5 rings (SSSR count). The van der Waals surface area contributed by atoms with Gasteiger partial charge < -0.3 is 4.57 Å². The van der Waals surface area contributed by atoms with Crippen LogP contribution < -0.4 is 16.8 Å². The van der Waals surface area contributed by atoms with Crippen LogP contribution in [0.2, 0.25) is 0 Å². The van der Waals surface area contributed by atoms with Crippen LogP contribution in [0.1, 0.15) is 6.42 Å². The summed E-state index contributed by atoms with van der Waals surface area (Å²) in [6.07, 6.45) is 2.10. The first-order valence-electron chi connectivity index (χ1n) is 10.7. The summed E-state index contributed by atoms with van der Waals surface area (Å²) in [4.78, 5) is 48.2. The molecule has 0 radical (unpaired) electrons. The van der Waals surface area contributed by atoms with Crippen molar-refractivity contribution < 1.29 is 0 Å². The van der Waals surface area contributed by atoms with Gasteiger partial charge in [0.1, 0.15) is 4.83 Å². The first-order chi connectivity index (χ1) is 16.4. The highest BCUT2D eigenvalue weighted by Gasteiger charge is 2.17. The molecule has 0 bridgehead atoms. The van der Waals surface area contributed by atoms with Crippen molar-refractivity contribution in [2.24, 2.45) is 21.1 Å². The van der Waals surface area contributed by atoms with Crippen LogP contribution in [-0.2, 0) is 27.7 Å². The molecule has 0 atom stereocenters. The second-order valence-electron chi connectivity index (χ2n) is 7.98. The molecular formula is C23H22N6O3S2. The summed E-state index contributed by atoms with van der Waals surface area (Å²) in [6, 6.07) is 9.82. The summed E-state index contributed by atoms with van der Waals surface area (Å²) in [7, 11) is 5.07. The van der Waals surface area contributed by atoms with E-state index in [1.54, 1.807) is 30.3 Å². The molecule has 9 nitrogen and oxygen atoms in total. The minimum Gasteiger partial charge on any atom is -0.328 e. The summed E-state index contributed by atoms with van der Waals surface area (Å²) >= 11 is 2.90. The number of nitrogens with zero attached hydrogens (tertiary/aromatic N) is 6. The monoisotopic (exact) mass is 494 g/mol. The van der Waals surface area contributed by atoms with Gasteiger partial charge in [0.05, 0.1) is 11.7 Å². The Morgan fingerprint density at radius 2 is 1.76 bits per heavy atom. The molecule has 0 spiro atoms. The number of hydrogen-bond acceptors (Lipinski definition) is 7. The van der Waals surface area contributed by atoms with Crippen LogP contribution in [0.3, 0.4) is 0 Å². The second kappa shape index (κ2) is 8.73. The van der Waals surface area contributed by atoms with Gasteiger partial charge in [0.15, 0.2) is 16.3 Å². The molecule has 0 aliphatic heterocycles. The third kappa shape index (κ3) is 3.61. The normalized spacial score (nSPS) is 11.6. The average molecular weight is 495 g/mol. The molecule has 174 valence electrons. The topological polar surface area (TPSA) is 96.7 Å². The zero-order chi connectivity index (χ0) is 24.0. The first-order valence-corrected chi connectivity index (χ1v) is 12.5. The van der Waals surface area contributed by atoms with Crippen LogP contribution in [0.4, 0.5) is 0 Å². The van der Waals surface area contributed by atoms with Gasteiger partial charge in [-0.05, 0) is 12.0 Å². The maximum absolute atomic E-state index is 13.1. The van der Waals surface area contributed by atoms with Crippen LogP contribution in [-0.4, -0.2) is 34.0 Å². The summed E-state index contributed by atoms with van der Waals surface area (Å²) in [6.45, 7) is 0.271. The van der Waals surface area contributed by atoms with Crippen molar-refractivity contribution in [1.82, 2.24) is 28.2 Å². The van der Waals surface area contributed by atoms with Gasteiger partial charge in [-0.1, -0.05) is 42.1 Å². The van der Waals surface area contributed by atoms with Crippen LogP contribution >= 0.6 is 23.1 Å². The Labute approximate surface area is 201 Å². The smallest absolute Gasteiger partial charge is 0.328 e. The number of fused-ring (bicyclic) bond motifs is 2. The molecule has 4 aromatic heterocycles. The van der Waals surface area contributed by atoms with E-state index in [9.17, 15) is 14.4 Å². The van der Waals surface area contributed by atoms with Crippen molar-refractivity contribution in [2.75, 3.05) is 5.75 Å². The average Bonchev–Trinajstić information content (AvgIpc) is 3.44. The fourth-order valence-corrected chi connectivity index (χ4v) is 5.88. The SMILES string of the molecule is Cn1c(SCCCn2c(=O)c3c(ncn3C)n(C)c2=O)nc2scc(-c3ccccc3)c2c1=O. The Kier molecular flexibility index (Phi) is 5.74. The Morgan fingerprint density at radius 1 is 1.00 bits per heavy atom. The number of thiophene rings is 1. The number of imidazole rings is 1. The van der Waals surface area contributed by atoms with E-state index >= 15 is 0 Å². The van der Waals surface area contributed by atoms with E-state index in [2.05, 4.69) is 4.98 Å². The standard InChI is InChI=1S/C23H22N6O3S2/c1-26-13-24-18-17(26)21(31)29(23(32)27(18)2)10-7-11-33-22-25-19-16(20(30)28(22)3)15(12-34-19)14-8-5-4-6-9-14/h4-6,8-9,12-13H,7,10-11H2,1-3H3. The van der Waals surface area contributed by atoms with Crippen molar-refractivity contribution in [3.05, 3.63) is 73.2 Å². The summed E-state index contributed by atoms with van der Waals surface area (Å²) in [5.74, 6) is 0.599. The van der Waals surface area contributed by atoms with Gasteiger partial charge in [-0.3, -0.25) is 23.3 Å². The van der Waals surface area contributed by atoms with Crippen LogP contribution in [0.25, 0.3) is 32.5 Å². The molecule has 0 aliphatic carbocycles. The summed E-state index contributed by atoms with van der Waals surface area (Å²) < 4.78 is 5.83. The Bertz CT molecular complexity index is 1710. The fraction of sp³-hybridized carbons (Fsp3) is 0.261. The number of aryl methyl sites for hydroxylation is 2. The van der Waals surface area contributed by atoms with Gasteiger partial charge in [-0.25, -0.2) is 14.8 Å². The summed E-state index contributed by atoms with van der Waals surface area (Å²) in [5, 5.41) is 3.21. The second-order valence-corrected chi connectivity index (χ2v) is 9.90. The lowest BCUT2D eigenvalue weighted by Crippen LogP contribution is -2.39. The zero-order valence-corrected chi connectivity index (χ0v) is 20.5. The fourth-order valence-electron chi connectivity index (χ4n) is 3.99. The van der Waals surface area contributed by atoms with E-state index in [4.69, 9.17) is 4.98 Å². The van der Waals surface area contributed by atoms with E-state index in [1.165, 1.54) is 38.6 Å². The maximum atomic E-state index is 13.1. The summed E-state index contributed by atoms with van der Waals surface area (Å²) in [5.41, 5.74) is 1.84. The first kappa shape index (κ1) is 22.4. The zero-order valence-electron chi connectivity index (χ0n) is 18.9. The number of thioether (sulfide) groups is 1. The molecule has 11 heteroatoms. The van der Waals surface area contributed by atoms with Crippen molar-refractivity contribution in [3.8, 4) is 11.1 Å². The molecule has 34 heavy (non-hydrogen) atoms. The Balaban J connectivity index is 1.37. The number of hydrogen-bond donors (Lipinski definition) is 0. The largest absolute Gasteiger partial charge is 0.332 e. The van der Waals surface area contributed by atoms with Gasteiger partial charge in [-0.2, -0.15) is 0 Å². The van der Waals surface area contributed by atoms with E-state index in [1.807, 2.05) is 35.7 Å². The van der Waals surface area contributed by atoms with E-state index in [-0.39, 0.29) is 23.4 Å². The van der Waals surface area contributed by atoms with Crippen molar-refractivity contribution in [1.29, 1.82) is 0 Å². The van der Waals surface area contributed by atoms with Crippen molar-refractivity contribution in [2.45, 2.75) is 18.1 Å². The lowest BCUT2D eigenvalue weighted by Gasteiger charge is -2.10. The maximum Gasteiger partial charge on any atom is 0.332 e. The van der Waals surface area contributed by atoms with Crippen LogP contribution in [0, 0.1) is 0 Å². The highest BCUT2D eigenvalue weighted by Crippen LogP contribution is 2.31. The molecule has 0 saturated heterocycles. The van der Waals surface area contributed by atoms with Gasteiger partial charge in [0.2, 0.25) is 0 Å². The van der Waals surface area contributed by atoms with Gasteiger partial charge >= 0.3 is 5.69 Å². The molecule has 0 amide bonds. The minimum atomic E-state index is -0.389. The lowest BCUT2D eigenvalue weighted by atomic mass is 10.1. The minimum absolute atomic E-state index is 0.0839. The van der Waals surface area contributed by atoms with E-state index in [0.29, 0.717) is 38.7 Å². The van der Waals surface area contributed by atoms with Crippen molar-refractivity contribution >= 4 is 44.5 Å². The van der Waals surface area contributed by atoms with Gasteiger partial charge in [-0.15, -0.1) is 11.3 Å².